The van der Waals surface area contributed by atoms with Crippen LogP contribution in [0.1, 0.15) is 0 Å². The van der Waals surface area contributed by atoms with Gasteiger partial charge in [-0.1, -0.05) is 11.6 Å². The van der Waals surface area contributed by atoms with Crippen LogP contribution in [0.4, 0.5) is 8.78 Å². The van der Waals surface area contributed by atoms with Crippen LogP contribution < -0.4 is 0 Å². The molecule has 0 aliphatic rings. The van der Waals surface area contributed by atoms with Crippen LogP contribution in [-0.4, -0.2) is 9.97 Å². The molecule has 1 aromatic carbocycles. The highest BCUT2D eigenvalue weighted by molar-refractivity contribution is 7.71. The zero-order valence-electron chi connectivity index (χ0n) is 7.80. The maximum Gasteiger partial charge on any atom is 0.197 e. The lowest BCUT2D eigenvalue weighted by atomic mass is 10.1. The normalized spacial score (nSPS) is 10.4. The molecule has 16 heavy (non-hydrogen) atoms. The van der Waals surface area contributed by atoms with Crippen molar-refractivity contribution in [2.75, 3.05) is 0 Å². The number of rotatable bonds is 1. The molecule has 0 atom stereocenters. The highest BCUT2D eigenvalue weighted by atomic mass is 35.5. The first-order valence-corrected chi connectivity index (χ1v) is 5.07. The average molecular weight is 259 g/mol. The van der Waals surface area contributed by atoms with E-state index in [4.69, 9.17) is 23.8 Å². The summed E-state index contributed by atoms with van der Waals surface area (Å²) in [5.74, 6) is -1.29. The number of H-pyrrole nitrogens is 1. The average Bonchev–Trinajstić information content (AvgIpc) is 2.22. The highest BCUT2D eigenvalue weighted by Crippen LogP contribution is 2.25. The molecular weight excluding hydrogens is 254 g/mol. The van der Waals surface area contributed by atoms with Gasteiger partial charge in [-0.05, 0) is 30.4 Å². The smallest absolute Gasteiger partial charge is 0.197 e. The van der Waals surface area contributed by atoms with Gasteiger partial charge in [-0.25, -0.2) is 13.8 Å². The van der Waals surface area contributed by atoms with Crippen molar-refractivity contribution in [3.8, 4) is 11.3 Å². The van der Waals surface area contributed by atoms with Crippen molar-refractivity contribution < 1.29 is 8.78 Å². The molecule has 0 unspecified atom stereocenters. The van der Waals surface area contributed by atoms with Crippen LogP contribution in [0.25, 0.3) is 11.3 Å². The molecule has 0 saturated carbocycles. The van der Waals surface area contributed by atoms with Gasteiger partial charge in [-0.2, -0.15) is 0 Å². The number of aromatic amines is 1. The van der Waals surface area contributed by atoms with E-state index in [1.165, 1.54) is 12.1 Å². The number of hydrogen-bond acceptors (Lipinski definition) is 2. The van der Waals surface area contributed by atoms with Gasteiger partial charge < -0.3 is 4.98 Å². The van der Waals surface area contributed by atoms with Crippen LogP contribution >= 0.6 is 23.8 Å². The van der Waals surface area contributed by atoms with E-state index in [-0.39, 0.29) is 21.1 Å². The molecule has 0 bridgehead atoms. The predicted octanol–water partition coefficient (Wildman–Crippen LogP) is 3.74. The third-order valence-corrected chi connectivity index (χ3v) is 2.41. The summed E-state index contributed by atoms with van der Waals surface area (Å²) in [5.41, 5.74) is 0.0320. The quantitative estimate of drug-likeness (QED) is 0.790. The zero-order valence-corrected chi connectivity index (χ0v) is 9.37. The van der Waals surface area contributed by atoms with E-state index in [1.54, 1.807) is 0 Å². The Morgan fingerprint density at radius 1 is 1.25 bits per heavy atom. The Balaban J connectivity index is 2.67. The molecule has 0 spiro atoms. The second-order valence-electron chi connectivity index (χ2n) is 3.04. The maximum atomic E-state index is 13.5. The first-order chi connectivity index (χ1) is 7.58. The van der Waals surface area contributed by atoms with Crippen molar-refractivity contribution in [2.24, 2.45) is 0 Å². The van der Waals surface area contributed by atoms with Crippen molar-refractivity contribution in [1.29, 1.82) is 0 Å². The highest BCUT2D eigenvalue weighted by Gasteiger charge is 2.11. The lowest BCUT2D eigenvalue weighted by Gasteiger charge is -2.04. The van der Waals surface area contributed by atoms with E-state index in [0.717, 1.165) is 12.3 Å². The van der Waals surface area contributed by atoms with E-state index in [2.05, 4.69) is 9.97 Å². The summed E-state index contributed by atoms with van der Waals surface area (Å²) in [6.45, 7) is 0. The second kappa shape index (κ2) is 4.27. The third-order valence-electron chi connectivity index (χ3n) is 1.97. The minimum absolute atomic E-state index is 0.0332. The number of aromatic nitrogens is 2. The molecule has 0 aliphatic heterocycles. The Labute approximate surface area is 99.9 Å². The molecule has 0 radical (unpaired) electrons. The van der Waals surface area contributed by atoms with Gasteiger partial charge in [0.2, 0.25) is 0 Å². The van der Waals surface area contributed by atoms with E-state index < -0.39 is 11.6 Å². The number of hydrogen-bond donors (Lipinski definition) is 1. The van der Waals surface area contributed by atoms with Crippen molar-refractivity contribution in [1.82, 2.24) is 9.97 Å². The molecule has 6 heteroatoms. The van der Waals surface area contributed by atoms with E-state index in [0.29, 0.717) is 0 Å². The van der Waals surface area contributed by atoms with Crippen molar-refractivity contribution in [2.45, 2.75) is 0 Å². The summed E-state index contributed by atoms with van der Waals surface area (Å²) in [6, 6.07) is 3.95. The molecule has 1 aromatic heterocycles. The standard InChI is InChI=1S/C10H5ClF2N2S/c11-5-1-2-6(7(12)3-5)9-8(13)4-14-10(16)15-9/h1-4H,(H,14,15,16). The fourth-order valence-corrected chi connectivity index (χ4v) is 1.58. The Bertz CT molecular complexity index is 598. The first kappa shape index (κ1) is 11.2. The molecule has 0 aliphatic carbocycles. The van der Waals surface area contributed by atoms with E-state index in [1.807, 2.05) is 0 Å². The van der Waals surface area contributed by atoms with Gasteiger partial charge in [-0.3, -0.25) is 0 Å². The summed E-state index contributed by atoms with van der Waals surface area (Å²) in [7, 11) is 0. The van der Waals surface area contributed by atoms with Crippen molar-refractivity contribution in [3.63, 3.8) is 0 Å². The molecule has 0 fully saturated rings. The summed E-state index contributed by atoms with van der Waals surface area (Å²) >= 11 is 10.3. The van der Waals surface area contributed by atoms with Crippen LogP contribution in [0, 0.1) is 16.4 Å². The predicted molar refractivity (Wildman–Crippen MR) is 59.8 cm³/mol. The van der Waals surface area contributed by atoms with Crippen LogP contribution in [0.3, 0.4) is 0 Å². The lowest BCUT2D eigenvalue weighted by Crippen LogP contribution is -1.94. The number of benzene rings is 1. The second-order valence-corrected chi connectivity index (χ2v) is 3.86. The van der Waals surface area contributed by atoms with Gasteiger partial charge in [0.15, 0.2) is 10.6 Å². The molecular formula is C10H5ClF2N2S. The van der Waals surface area contributed by atoms with Gasteiger partial charge in [0.05, 0.1) is 11.9 Å². The van der Waals surface area contributed by atoms with Crippen LogP contribution in [-0.2, 0) is 0 Å². The summed E-state index contributed by atoms with van der Waals surface area (Å²) < 4.78 is 27.0. The molecule has 2 rings (SSSR count). The Morgan fingerprint density at radius 3 is 2.69 bits per heavy atom. The fourth-order valence-electron chi connectivity index (χ4n) is 1.27. The SMILES string of the molecule is Fc1cc(Cl)ccc1-c1[nH]c(=S)ncc1F. The van der Waals surface area contributed by atoms with Gasteiger partial charge in [-0.15, -0.1) is 0 Å². The van der Waals surface area contributed by atoms with Gasteiger partial charge >= 0.3 is 0 Å². The van der Waals surface area contributed by atoms with E-state index in [9.17, 15) is 8.78 Å². The summed E-state index contributed by atoms with van der Waals surface area (Å²) in [6.07, 6.45) is 0.947. The molecule has 0 saturated heterocycles. The van der Waals surface area contributed by atoms with Crippen molar-refractivity contribution in [3.05, 3.63) is 45.8 Å². The topological polar surface area (TPSA) is 28.7 Å². The minimum Gasteiger partial charge on any atom is -0.328 e. The maximum absolute atomic E-state index is 13.5. The largest absolute Gasteiger partial charge is 0.328 e. The molecule has 1 heterocycles. The number of nitrogens with zero attached hydrogens (tertiary/aromatic N) is 1. The first-order valence-electron chi connectivity index (χ1n) is 4.28. The molecule has 2 nitrogen and oxygen atoms in total. The molecule has 0 amide bonds. The Hall–Kier alpha value is -1.33. The third kappa shape index (κ3) is 2.10. The van der Waals surface area contributed by atoms with E-state index >= 15 is 0 Å². The summed E-state index contributed by atoms with van der Waals surface area (Å²) in [4.78, 5) is 6.05. The lowest BCUT2D eigenvalue weighted by molar-refractivity contribution is 0.605. The molecule has 82 valence electrons. The van der Waals surface area contributed by atoms with Crippen LogP contribution in [0.5, 0.6) is 0 Å². The van der Waals surface area contributed by atoms with Gasteiger partial charge in [0, 0.05) is 10.6 Å². The fraction of sp³-hybridized carbons (Fsp3) is 0. The minimum atomic E-state index is -0.671. The Kier molecular flexibility index (Phi) is 2.98. The summed E-state index contributed by atoms with van der Waals surface area (Å²) in [5, 5.41) is 0.245. The molecule has 2 aromatic rings. The monoisotopic (exact) mass is 258 g/mol. The van der Waals surface area contributed by atoms with Gasteiger partial charge in [0.1, 0.15) is 5.82 Å². The zero-order chi connectivity index (χ0) is 11.7. The number of nitrogens with one attached hydrogen (secondary N) is 1. The molecule has 1 N–H and O–H groups in total. The number of halogens is 3. The van der Waals surface area contributed by atoms with Crippen LogP contribution in [0.2, 0.25) is 5.02 Å². The van der Waals surface area contributed by atoms with Crippen LogP contribution in [0.15, 0.2) is 24.4 Å². The van der Waals surface area contributed by atoms with Crippen molar-refractivity contribution >= 4 is 23.8 Å². The Morgan fingerprint density at radius 2 is 2.00 bits per heavy atom. The van der Waals surface area contributed by atoms with Gasteiger partial charge in [0.25, 0.3) is 0 Å².